The molecule has 0 amide bonds. The fourth-order valence-corrected chi connectivity index (χ4v) is 3.71. The molecule has 0 aromatic heterocycles. The van der Waals surface area contributed by atoms with Crippen LogP contribution < -0.4 is 10.6 Å². The summed E-state index contributed by atoms with van der Waals surface area (Å²) in [6, 6.07) is 0. The molecule has 2 aliphatic rings. The molecule has 2 saturated heterocycles. The number of nitrogens with zero attached hydrogens (tertiary/aromatic N) is 3. The van der Waals surface area contributed by atoms with Crippen molar-refractivity contribution in [3.63, 3.8) is 0 Å². The first-order valence-corrected chi connectivity index (χ1v) is 10.3. The summed E-state index contributed by atoms with van der Waals surface area (Å²) >= 11 is 0. The van der Waals surface area contributed by atoms with Gasteiger partial charge in [0.1, 0.15) is 0 Å². The third-order valence-corrected chi connectivity index (χ3v) is 5.50. The minimum Gasteiger partial charge on any atom is -0.396 e. The molecule has 0 aromatic carbocycles. The summed E-state index contributed by atoms with van der Waals surface area (Å²) in [4.78, 5) is 9.77. The molecule has 1 atom stereocenters. The molecule has 0 aliphatic carbocycles. The van der Waals surface area contributed by atoms with Crippen molar-refractivity contribution in [3.05, 3.63) is 0 Å². The van der Waals surface area contributed by atoms with Gasteiger partial charge in [0.15, 0.2) is 5.96 Å². The van der Waals surface area contributed by atoms with Crippen molar-refractivity contribution in [2.45, 2.75) is 32.6 Å². The number of hydrogen-bond donors (Lipinski definition) is 3. The number of aliphatic hydroxyl groups excluding tert-OH is 1. The van der Waals surface area contributed by atoms with Crippen molar-refractivity contribution in [3.8, 4) is 0 Å². The molecule has 2 fully saturated rings. The highest BCUT2D eigenvalue weighted by molar-refractivity contribution is 14.0. The molecule has 3 N–H and O–H groups in total. The highest BCUT2D eigenvalue weighted by Crippen LogP contribution is 2.32. The molecule has 1 unspecified atom stereocenters. The van der Waals surface area contributed by atoms with Crippen LogP contribution in [0.1, 0.15) is 32.6 Å². The Balaban J connectivity index is 0.00000364. The highest BCUT2D eigenvalue weighted by Gasteiger charge is 2.34. The molecular weight excluding hydrogens is 457 g/mol. The summed E-state index contributed by atoms with van der Waals surface area (Å²) in [5.74, 6) is 0.882. The van der Waals surface area contributed by atoms with Crippen molar-refractivity contribution >= 4 is 29.9 Å². The van der Waals surface area contributed by atoms with Gasteiger partial charge in [-0.2, -0.15) is 0 Å². The monoisotopic (exact) mass is 497 g/mol. The summed E-state index contributed by atoms with van der Waals surface area (Å²) in [5, 5.41) is 16.2. The SMILES string of the molecule is CCNC(=NCC1(CCO)CCOC1)NCCCN1CCCN(C)CC1.I. The molecule has 0 aromatic rings. The summed E-state index contributed by atoms with van der Waals surface area (Å²) in [6.07, 6.45) is 4.14. The zero-order valence-electron chi connectivity index (χ0n) is 17.2. The van der Waals surface area contributed by atoms with Gasteiger partial charge in [-0.05, 0) is 59.3 Å². The fourth-order valence-electron chi connectivity index (χ4n) is 3.71. The van der Waals surface area contributed by atoms with Crippen molar-refractivity contribution in [1.82, 2.24) is 20.4 Å². The average Bonchev–Trinajstić information content (AvgIpc) is 2.99. The maximum Gasteiger partial charge on any atom is 0.191 e. The minimum absolute atomic E-state index is 0. The second-order valence-corrected chi connectivity index (χ2v) is 7.75. The summed E-state index contributed by atoms with van der Waals surface area (Å²) in [7, 11) is 2.21. The molecule has 0 bridgehead atoms. The number of rotatable bonds is 9. The van der Waals surface area contributed by atoms with Crippen molar-refractivity contribution in [1.29, 1.82) is 0 Å². The number of aliphatic hydroxyl groups is 1. The van der Waals surface area contributed by atoms with Gasteiger partial charge in [-0.25, -0.2) is 0 Å². The maximum atomic E-state index is 9.35. The Labute approximate surface area is 182 Å². The van der Waals surface area contributed by atoms with Gasteiger partial charge in [0, 0.05) is 44.8 Å². The number of guanidine groups is 1. The topological polar surface area (TPSA) is 72.4 Å². The number of halogens is 1. The van der Waals surface area contributed by atoms with E-state index in [9.17, 15) is 5.11 Å². The molecule has 7 nitrogen and oxygen atoms in total. The van der Waals surface area contributed by atoms with Crippen LogP contribution >= 0.6 is 24.0 Å². The van der Waals surface area contributed by atoms with Gasteiger partial charge in [0.2, 0.25) is 0 Å². The van der Waals surface area contributed by atoms with Crippen LogP contribution in [0.2, 0.25) is 0 Å². The minimum atomic E-state index is 0. The first-order valence-electron chi connectivity index (χ1n) is 10.3. The predicted molar refractivity (Wildman–Crippen MR) is 122 cm³/mol. The lowest BCUT2D eigenvalue weighted by molar-refractivity contribution is 0.131. The van der Waals surface area contributed by atoms with Crippen LogP contribution in [0.3, 0.4) is 0 Å². The van der Waals surface area contributed by atoms with E-state index in [4.69, 9.17) is 9.73 Å². The van der Waals surface area contributed by atoms with Gasteiger partial charge in [-0.3, -0.25) is 4.99 Å². The van der Waals surface area contributed by atoms with E-state index in [1.807, 2.05) is 0 Å². The predicted octanol–water partition coefficient (Wildman–Crippen LogP) is 0.976. The molecule has 2 aliphatic heterocycles. The van der Waals surface area contributed by atoms with E-state index in [1.54, 1.807) is 0 Å². The van der Waals surface area contributed by atoms with Crippen molar-refractivity contribution < 1.29 is 9.84 Å². The Kier molecular flexibility index (Phi) is 12.8. The van der Waals surface area contributed by atoms with E-state index in [0.29, 0.717) is 13.2 Å². The van der Waals surface area contributed by atoms with Gasteiger partial charge in [-0.1, -0.05) is 0 Å². The van der Waals surface area contributed by atoms with Crippen LogP contribution in [0.5, 0.6) is 0 Å². The highest BCUT2D eigenvalue weighted by atomic mass is 127. The van der Waals surface area contributed by atoms with Crippen molar-refractivity contribution in [2.75, 3.05) is 79.2 Å². The van der Waals surface area contributed by atoms with E-state index in [2.05, 4.69) is 34.4 Å². The Morgan fingerprint density at radius 1 is 1.22 bits per heavy atom. The lowest BCUT2D eigenvalue weighted by Gasteiger charge is -2.25. The summed E-state index contributed by atoms with van der Waals surface area (Å²) in [5.41, 5.74) is 0.00911. The molecule has 2 rings (SSSR count). The van der Waals surface area contributed by atoms with Gasteiger partial charge in [0.25, 0.3) is 0 Å². The zero-order chi connectivity index (χ0) is 18.7. The Bertz CT molecular complexity index is 419. The molecule has 0 spiro atoms. The fraction of sp³-hybridized carbons (Fsp3) is 0.947. The first-order chi connectivity index (χ1) is 12.7. The van der Waals surface area contributed by atoms with Crippen LogP contribution in [0, 0.1) is 5.41 Å². The van der Waals surface area contributed by atoms with E-state index in [-0.39, 0.29) is 36.0 Å². The maximum absolute atomic E-state index is 9.35. The Morgan fingerprint density at radius 2 is 2.07 bits per heavy atom. The van der Waals surface area contributed by atoms with E-state index >= 15 is 0 Å². The molecular formula is C19H40IN5O2. The number of ether oxygens (including phenoxy) is 1. The Morgan fingerprint density at radius 3 is 2.78 bits per heavy atom. The average molecular weight is 497 g/mol. The van der Waals surface area contributed by atoms with E-state index in [0.717, 1.165) is 51.5 Å². The molecule has 160 valence electrons. The van der Waals surface area contributed by atoms with Crippen LogP contribution in [0.15, 0.2) is 4.99 Å². The number of aliphatic imine (C=N–C) groups is 1. The third kappa shape index (κ3) is 9.25. The second-order valence-electron chi connectivity index (χ2n) is 7.75. The Hall–Kier alpha value is -0.160. The van der Waals surface area contributed by atoms with Crippen LogP contribution in [0.25, 0.3) is 0 Å². The largest absolute Gasteiger partial charge is 0.396 e. The van der Waals surface area contributed by atoms with Gasteiger partial charge < -0.3 is 30.3 Å². The lowest BCUT2D eigenvalue weighted by atomic mass is 9.84. The zero-order valence-corrected chi connectivity index (χ0v) is 19.5. The lowest BCUT2D eigenvalue weighted by Crippen LogP contribution is -2.40. The normalized spacial score (nSPS) is 25.1. The second kappa shape index (κ2) is 13.9. The van der Waals surface area contributed by atoms with Gasteiger partial charge in [-0.15, -0.1) is 24.0 Å². The molecule has 0 radical (unpaired) electrons. The smallest absolute Gasteiger partial charge is 0.191 e. The molecule has 0 saturated carbocycles. The quantitative estimate of drug-likeness (QED) is 0.191. The van der Waals surface area contributed by atoms with Gasteiger partial charge >= 0.3 is 0 Å². The number of hydrogen-bond acceptors (Lipinski definition) is 5. The number of likely N-dealkylation sites (N-methyl/N-ethyl adjacent to an activating group) is 1. The van der Waals surface area contributed by atoms with Crippen molar-refractivity contribution in [2.24, 2.45) is 10.4 Å². The first kappa shape index (κ1) is 24.9. The summed E-state index contributed by atoms with van der Waals surface area (Å²) < 4.78 is 5.56. The molecule has 27 heavy (non-hydrogen) atoms. The van der Waals surface area contributed by atoms with Crippen LogP contribution in [0.4, 0.5) is 0 Å². The summed E-state index contributed by atoms with van der Waals surface area (Å²) in [6.45, 7) is 12.2. The number of nitrogens with one attached hydrogen (secondary N) is 2. The van der Waals surface area contributed by atoms with Gasteiger partial charge in [0.05, 0.1) is 13.2 Å². The van der Waals surface area contributed by atoms with E-state index < -0.39 is 0 Å². The molecule has 2 heterocycles. The molecule has 8 heteroatoms. The van der Waals surface area contributed by atoms with Crippen LogP contribution in [-0.4, -0.2) is 100 Å². The standard InChI is InChI=1S/C19H39N5O2.HI/c1-3-20-18(22-16-19(6-14-25)7-15-26-17-19)21-8-4-10-24-11-5-9-23(2)12-13-24;/h25H,3-17H2,1-2H3,(H2,20,21,22);1H. The van der Waals surface area contributed by atoms with Crippen LogP contribution in [-0.2, 0) is 4.74 Å². The third-order valence-electron chi connectivity index (χ3n) is 5.50. The van der Waals surface area contributed by atoms with E-state index in [1.165, 1.54) is 32.6 Å².